The highest BCUT2D eigenvalue weighted by atomic mass is 16.1. The van der Waals surface area contributed by atoms with Crippen LogP contribution in [0, 0.1) is 5.92 Å². The Bertz CT molecular complexity index is 298. The first kappa shape index (κ1) is 10.4. The standard InChI is InChI=1S/C14H18O/c15-11-14(12-7-3-1-4-8-12)13-9-5-2-6-10-13/h1,3-4,7-8,11,13-14H,2,5-6,9-10H2/t14-/m0/s1. The quantitative estimate of drug-likeness (QED) is 0.685. The largest absolute Gasteiger partial charge is 0.303 e. The van der Waals surface area contributed by atoms with Gasteiger partial charge in [-0.05, 0) is 24.3 Å². The van der Waals surface area contributed by atoms with E-state index in [4.69, 9.17) is 0 Å². The molecule has 0 aromatic heterocycles. The van der Waals surface area contributed by atoms with Crippen molar-refractivity contribution in [3.8, 4) is 0 Å². The first-order chi connectivity index (χ1) is 7.42. The molecular weight excluding hydrogens is 184 g/mol. The molecule has 1 fully saturated rings. The summed E-state index contributed by atoms with van der Waals surface area (Å²) in [5.74, 6) is 0.713. The summed E-state index contributed by atoms with van der Waals surface area (Å²) in [6.45, 7) is 0. The van der Waals surface area contributed by atoms with Crippen molar-refractivity contribution < 1.29 is 4.79 Å². The number of hydrogen-bond donors (Lipinski definition) is 0. The van der Waals surface area contributed by atoms with Crippen LogP contribution in [0.2, 0.25) is 0 Å². The average Bonchev–Trinajstić information content (AvgIpc) is 2.33. The van der Waals surface area contributed by atoms with Gasteiger partial charge in [-0.1, -0.05) is 49.6 Å². The molecule has 2 rings (SSSR count). The molecule has 1 nitrogen and oxygen atoms in total. The minimum atomic E-state index is 0.131. The third-order valence-electron chi connectivity index (χ3n) is 3.49. The molecule has 0 spiro atoms. The molecule has 1 aliphatic carbocycles. The van der Waals surface area contributed by atoms with E-state index in [9.17, 15) is 4.79 Å². The van der Waals surface area contributed by atoms with E-state index in [-0.39, 0.29) is 5.92 Å². The molecule has 0 bridgehead atoms. The van der Waals surface area contributed by atoms with Gasteiger partial charge in [0.15, 0.2) is 0 Å². The summed E-state index contributed by atoms with van der Waals surface area (Å²) in [5.41, 5.74) is 1.19. The minimum Gasteiger partial charge on any atom is -0.303 e. The number of rotatable bonds is 3. The monoisotopic (exact) mass is 202 g/mol. The molecule has 0 N–H and O–H groups in total. The van der Waals surface area contributed by atoms with E-state index >= 15 is 0 Å². The normalized spacial score (nSPS) is 19.7. The van der Waals surface area contributed by atoms with E-state index in [0.29, 0.717) is 5.92 Å². The van der Waals surface area contributed by atoms with Crippen LogP contribution in [0.25, 0.3) is 0 Å². The topological polar surface area (TPSA) is 17.1 Å². The highest BCUT2D eigenvalue weighted by Gasteiger charge is 2.24. The average molecular weight is 202 g/mol. The second-order valence-corrected chi connectivity index (χ2v) is 4.47. The van der Waals surface area contributed by atoms with Gasteiger partial charge in [-0.3, -0.25) is 0 Å². The Kier molecular flexibility index (Phi) is 3.54. The van der Waals surface area contributed by atoms with Gasteiger partial charge in [0.1, 0.15) is 6.29 Å². The summed E-state index contributed by atoms with van der Waals surface area (Å²) < 4.78 is 0. The van der Waals surface area contributed by atoms with Crippen molar-refractivity contribution in [2.45, 2.75) is 38.0 Å². The van der Waals surface area contributed by atoms with Gasteiger partial charge >= 0.3 is 0 Å². The molecule has 15 heavy (non-hydrogen) atoms. The van der Waals surface area contributed by atoms with Crippen LogP contribution in [0.5, 0.6) is 0 Å². The number of benzene rings is 1. The Morgan fingerprint density at radius 2 is 1.73 bits per heavy atom. The number of aldehydes is 1. The smallest absolute Gasteiger partial charge is 0.127 e. The van der Waals surface area contributed by atoms with Crippen molar-refractivity contribution in [2.24, 2.45) is 5.92 Å². The summed E-state index contributed by atoms with van der Waals surface area (Å²) in [7, 11) is 0. The van der Waals surface area contributed by atoms with Crippen LogP contribution in [-0.2, 0) is 4.79 Å². The number of carbonyl (C=O) groups is 1. The van der Waals surface area contributed by atoms with E-state index < -0.39 is 0 Å². The predicted molar refractivity (Wildman–Crippen MR) is 61.8 cm³/mol. The van der Waals surface area contributed by atoms with Crippen LogP contribution in [0.4, 0.5) is 0 Å². The molecular formula is C14H18O. The molecule has 0 heterocycles. The number of hydrogen-bond acceptors (Lipinski definition) is 1. The van der Waals surface area contributed by atoms with Gasteiger partial charge in [0.25, 0.3) is 0 Å². The molecule has 0 unspecified atom stereocenters. The zero-order valence-corrected chi connectivity index (χ0v) is 9.06. The lowest BCUT2D eigenvalue weighted by atomic mass is 9.77. The van der Waals surface area contributed by atoms with Crippen LogP contribution < -0.4 is 0 Å². The summed E-state index contributed by atoms with van der Waals surface area (Å²) in [6.07, 6.45) is 7.52. The summed E-state index contributed by atoms with van der Waals surface area (Å²) in [6, 6.07) is 10.2. The van der Waals surface area contributed by atoms with Gasteiger partial charge in [0.2, 0.25) is 0 Å². The highest BCUT2D eigenvalue weighted by molar-refractivity contribution is 5.62. The lowest BCUT2D eigenvalue weighted by molar-refractivity contribution is -0.110. The maximum absolute atomic E-state index is 11.2. The second kappa shape index (κ2) is 5.11. The molecule has 0 radical (unpaired) electrons. The minimum absolute atomic E-state index is 0.131. The maximum Gasteiger partial charge on any atom is 0.127 e. The van der Waals surface area contributed by atoms with E-state index in [1.54, 1.807) is 0 Å². The third kappa shape index (κ3) is 2.47. The maximum atomic E-state index is 11.2. The summed E-state index contributed by atoms with van der Waals surface area (Å²) in [4.78, 5) is 11.2. The van der Waals surface area contributed by atoms with Crippen molar-refractivity contribution in [1.29, 1.82) is 0 Å². The molecule has 0 saturated heterocycles. The zero-order chi connectivity index (χ0) is 10.5. The molecule has 1 atom stereocenters. The van der Waals surface area contributed by atoms with Crippen LogP contribution in [0.1, 0.15) is 43.6 Å². The Morgan fingerprint density at radius 1 is 1.07 bits per heavy atom. The van der Waals surface area contributed by atoms with Crippen molar-refractivity contribution in [2.75, 3.05) is 0 Å². The summed E-state index contributed by atoms with van der Waals surface area (Å²) in [5, 5.41) is 0. The summed E-state index contributed by atoms with van der Waals surface area (Å²) >= 11 is 0. The van der Waals surface area contributed by atoms with Crippen molar-refractivity contribution in [1.82, 2.24) is 0 Å². The van der Waals surface area contributed by atoms with Crippen molar-refractivity contribution in [3.63, 3.8) is 0 Å². The number of carbonyl (C=O) groups excluding carboxylic acids is 1. The van der Waals surface area contributed by atoms with Gasteiger partial charge in [-0.25, -0.2) is 0 Å². The highest BCUT2D eigenvalue weighted by Crippen LogP contribution is 2.34. The van der Waals surface area contributed by atoms with E-state index in [1.807, 2.05) is 18.2 Å². The first-order valence-corrected chi connectivity index (χ1v) is 5.92. The fourth-order valence-corrected chi connectivity index (χ4v) is 2.63. The molecule has 0 aliphatic heterocycles. The lowest BCUT2D eigenvalue weighted by Crippen LogP contribution is -2.17. The van der Waals surface area contributed by atoms with Crippen molar-refractivity contribution >= 4 is 6.29 Å². The lowest BCUT2D eigenvalue weighted by Gasteiger charge is -2.26. The Balaban J connectivity index is 2.12. The van der Waals surface area contributed by atoms with Gasteiger partial charge < -0.3 is 4.79 Å². The van der Waals surface area contributed by atoms with E-state index in [0.717, 1.165) is 6.29 Å². The third-order valence-corrected chi connectivity index (χ3v) is 3.49. The molecule has 1 aliphatic rings. The predicted octanol–water partition coefficient (Wildman–Crippen LogP) is 3.55. The first-order valence-electron chi connectivity index (χ1n) is 5.92. The SMILES string of the molecule is O=C[C@@H](c1ccccc1)C1CCCCC1. The van der Waals surface area contributed by atoms with Crippen LogP contribution in [0.15, 0.2) is 30.3 Å². The Morgan fingerprint density at radius 3 is 2.33 bits per heavy atom. The fourth-order valence-electron chi connectivity index (χ4n) is 2.63. The molecule has 0 amide bonds. The Hall–Kier alpha value is -1.11. The molecule has 1 heteroatoms. The zero-order valence-electron chi connectivity index (χ0n) is 9.06. The van der Waals surface area contributed by atoms with Gasteiger partial charge in [0, 0.05) is 5.92 Å². The van der Waals surface area contributed by atoms with E-state index in [2.05, 4.69) is 12.1 Å². The molecule has 1 saturated carbocycles. The van der Waals surface area contributed by atoms with Gasteiger partial charge in [0.05, 0.1) is 0 Å². The van der Waals surface area contributed by atoms with Crippen LogP contribution in [0.3, 0.4) is 0 Å². The van der Waals surface area contributed by atoms with Crippen molar-refractivity contribution in [3.05, 3.63) is 35.9 Å². The molecule has 1 aromatic carbocycles. The van der Waals surface area contributed by atoms with Crippen LogP contribution in [-0.4, -0.2) is 6.29 Å². The Labute approximate surface area is 91.5 Å². The molecule has 80 valence electrons. The van der Waals surface area contributed by atoms with Gasteiger partial charge in [-0.2, -0.15) is 0 Å². The van der Waals surface area contributed by atoms with Gasteiger partial charge in [-0.15, -0.1) is 0 Å². The fraction of sp³-hybridized carbons (Fsp3) is 0.500. The molecule has 1 aromatic rings. The van der Waals surface area contributed by atoms with E-state index in [1.165, 1.54) is 37.7 Å². The van der Waals surface area contributed by atoms with Crippen LogP contribution >= 0.6 is 0 Å². The second-order valence-electron chi connectivity index (χ2n) is 4.47.